The first kappa shape index (κ1) is 16.3. The minimum atomic E-state index is 0.258. The molecule has 2 rings (SSSR count). The molecule has 6 nitrogen and oxygen atoms in total. The monoisotopic (exact) mass is 313 g/mol. The second-order valence-corrected chi connectivity index (χ2v) is 5.75. The van der Waals surface area contributed by atoms with Gasteiger partial charge in [0.15, 0.2) is 11.0 Å². The average Bonchev–Trinajstić information content (AvgIpc) is 2.52. The number of aromatic nitrogens is 2. The summed E-state index contributed by atoms with van der Waals surface area (Å²) >= 11 is 6.11. The van der Waals surface area contributed by atoms with Gasteiger partial charge in [0, 0.05) is 39.3 Å². The van der Waals surface area contributed by atoms with Gasteiger partial charge < -0.3 is 20.2 Å². The molecule has 7 heteroatoms. The maximum absolute atomic E-state index is 8.92. The zero-order valence-electron chi connectivity index (χ0n) is 12.7. The van der Waals surface area contributed by atoms with Crippen molar-refractivity contribution in [3.05, 3.63) is 11.5 Å². The van der Waals surface area contributed by atoms with Crippen LogP contribution in [0.5, 0.6) is 0 Å². The summed E-state index contributed by atoms with van der Waals surface area (Å²) in [7, 11) is 3.97. The number of aliphatic hydroxyl groups excluding tert-OH is 1. The van der Waals surface area contributed by atoms with Crippen LogP contribution in [0.1, 0.15) is 19.3 Å². The molecular weight excluding hydrogens is 290 g/mol. The van der Waals surface area contributed by atoms with Crippen molar-refractivity contribution in [2.75, 3.05) is 50.6 Å². The van der Waals surface area contributed by atoms with Crippen LogP contribution in [-0.4, -0.2) is 66.4 Å². The Labute approximate surface area is 131 Å². The highest BCUT2D eigenvalue weighted by molar-refractivity contribution is 6.32. The normalized spacial score (nSPS) is 16.5. The summed E-state index contributed by atoms with van der Waals surface area (Å²) in [5.74, 6) is 0.883. The number of rotatable bonds is 6. The van der Waals surface area contributed by atoms with Crippen LogP contribution in [0.15, 0.2) is 6.33 Å². The van der Waals surface area contributed by atoms with E-state index >= 15 is 0 Å². The van der Waals surface area contributed by atoms with E-state index in [-0.39, 0.29) is 6.61 Å². The van der Waals surface area contributed by atoms with Crippen molar-refractivity contribution in [1.82, 2.24) is 14.9 Å². The van der Waals surface area contributed by atoms with Crippen LogP contribution in [0.25, 0.3) is 0 Å². The number of piperidine rings is 1. The van der Waals surface area contributed by atoms with Crippen LogP contribution >= 0.6 is 11.6 Å². The Morgan fingerprint density at radius 1 is 1.43 bits per heavy atom. The van der Waals surface area contributed by atoms with Gasteiger partial charge in [-0.15, -0.1) is 0 Å². The Morgan fingerprint density at radius 3 is 2.76 bits per heavy atom. The molecule has 2 N–H and O–H groups in total. The Morgan fingerprint density at radius 2 is 2.14 bits per heavy atom. The molecule has 0 aromatic carbocycles. The summed E-state index contributed by atoms with van der Waals surface area (Å²) in [4.78, 5) is 13.0. The van der Waals surface area contributed by atoms with Gasteiger partial charge in [-0.05, 0) is 26.3 Å². The van der Waals surface area contributed by atoms with E-state index in [1.807, 2.05) is 7.05 Å². The predicted octanol–water partition coefficient (Wildman–Crippen LogP) is 1.45. The topological polar surface area (TPSA) is 64.5 Å². The quantitative estimate of drug-likeness (QED) is 0.775. The Kier molecular flexibility index (Phi) is 6.02. The van der Waals surface area contributed by atoms with Gasteiger partial charge >= 0.3 is 0 Å². The lowest BCUT2D eigenvalue weighted by Gasteiger charge is -2.37. The molecule has 0 amide bonds. The van der Waals surface area contributed by atoms with Gasteiger partial charge in [-0.25, -0.2) is 9.97 Å². The molecule has 118 valence electrons. The van der Waals surface area contributed by atoms with Crippen LogP contribution in [0.4, 0.5) is 11.5 Å². The highest BCUT2D eigenvalue weighted by Gasteiger charge is 2.25. The molecule has 0 radical (unpaired) electrons. The molecule has 1 aromatic heterocycles. The van der Waals surface area contributed by atoms with Crippen molar-refractivity contribution < 1.29 is 5.11 Å². The summed E-state index contributed by atoms with van der Waals surface area (Å²) in [5, 5.41) is 12.5. The number of hydrogen-bond donors (Lipinski definition) is 2. The van der Waals surface area contributed by atoms with Crippen LogP contribution in [-0.2, 0) is 0 Å². The summed E-state index contributed by atoms with van der Waals surface area (Å²) < 4.78 is 0. The summed E-state index contributed by atoms with van der Waals surface area (Å²) in [6, 6.07) is 0.572. The summed E-state index contributed by atoms with van der Waals surface area (Å²) in [6.07, 6.45) is 4.53. The molecule has 1 aliphatic heterocycles. The van der Waals surface area contributed by atoms with Gasteiger partial charge in [0.1, 0.15) is 12.0 Å². The fourth-order valence-electron chi connectivity index (χ4n) is 2.83. The fraction of sp³-hybridized carbons (Fsp3) is 0.714. The van der Waals surface area contributed by atoms with Gasteiger partial charge in [0.05, 0.1) is 0 Å². The second kappa shape index (κ2) is 7.77. The number of hydrogen-bond acceptors (Lipinski definition) is 6. The van der Waals surface area contributed by atoms with E-state index in [4.69, 9.17) is 16.7 Å². The number of aliphatic hydroxyl groups is 1. The highest BCUT2D eigenvalue weighted by Crippen LogP contribution is 2.31. The van der Waals surface area contributed by atoms with Crippen molar-refractivity contribution in [2.24, 2.45) is 0 Å². The van der Waals surface area contributed by atoms with Crippen LogP contribution in [0, 0.1) is 0 Å². The Hall–Kier alpha value is -1.11. The highest BCUT2D eigenvalue weighted by atomic mass is 35.5. The van der Waals surface area contributed by atoms with Crippen molar-refractivity contribution in [3.63, 3.8) is 0 Å². The molecule has 2 heterocycles. The summed E-state index contributed by atoms with van der Waals surface area (Å²) in [5.41, 5.74) is 0.797. The van der Waals surface area contributed by atoms with E-state index in [9.17, 15) is 0 Å². The number of nitrogens with zero attached hydrogens (tertiary/aromatic N) is 4. The van der Waals surface area contributed by atoms with Crippen molar-refractivity contribution >= 4 is 23.1 Å². The maximum atomic E-state index is 8.92. The van der Waals surface area contributed by atoms with Gasteiger partial charge in [-0.2, -0.15) is 0 Å². The molecule has 1 aliphatic rings. The molecule has 1 saturated heterocycles. The van der Waals surface area contributed by atoms with E-state index in [1.54, 1.807) is 0 Å². The lowest BCUT2D eigenvalue weighted by atomic mass is 10.0. The van der Waals surface area contributed by atoms with Gasteiger partial charge in [0.2, 0.25) is 0 Å². The predicted molar refractivity (Wildman–Crippen MR) is 86.2 cm³/mol. The van der Waals surface area contributed by atoms with Crippen LogP contribution < -0.4 is 10.2 Å². The number of halogens is 1. The SMILES string of the molecule is CNc1c(Cl)ncnc1N1CCC(N(C)CCCO)CC1. The smallest absolute Gasteiger partial charge is 0.157 e. The largest absolute Gasteiger partial charge is 0.396 e. The summed E-state index contributed by atoms with van der Waals surface area (Å²) in [6.45, 7) is 3.11. The number of nitrogens with one attached hydrogen (secondary N) is 1. The van der Waals surface area contributed by atoms with E-state index in [0.717, 1.165) is 50.4 Å². The third-order valence-corrected chi connectivity index (χ3v) is 4.37. The fourth-order valence-corrected chi connectivity index (χ4v) is 3.05. The third kappa shape index (κ3) is 3.96. The molecule has 0 aliphatic carbocycles. The van der Waals surface area contributed by atoms with Gasteiger partial charge in [0.25, 0.3) is 0 Å². The third-order valence-electron chi connectivity index (χ3n) is 4.09. The van der Waals surface area contributed by atoms with Gasteiger partial charge in [-0.1, -0.05) is 11.6 Å². The molecular formula is C14H24ClN5O. The Bertz CT molecular complexity index is 451. The molecule has 0 atom stereocenters. The van der Waals surface area contributed by atoms with E-state index in [0.29, 0.717) is 11.2 Å². The molecule has 1 aromatic rings. The first-order valence-electron chi connectivity index (χ1n) is 7.41. The standard InChI is InChI=1S/C14H24ClN5O/c1-16-12-13(15)17-10-18-14(12)20-7-4-11(5-8-20)19(2)6-3-9-21/h10-11,16,21H,3-9H2,1-2H3. The molecule has 0 bridgehead atoms. The second-order valence-electron chi connectivity index (χ2n) is 5.39. The zero-order chi connectivity index (χ0) is 15.2. The maximum Gasteiger partial charge on any atom is 0.157 e. The van der Waals surface area contributed by atoms with E-state index in [1.165, 1.54) is 6.33 Å². The lowest BCUT2D eigenvalue weighted by Crippen LogP contribution is -2.44. The van der Waals surface area contributed by atoms with Crippen LogP contribution in [0.3, 0.4) is 0 Å². The van der Waals surface area contributed by atoms with Crippen molar-refractivity contribution in [2.45, 2.75) is 25.3 Å². The average molecular weight is 314 g/mol. The van der Waals surface area contributed by atoms with E-state index < -0.39 is 0 Å². The first-order chi connectivity index (χ1) is 10.2. The molecule has 21 heavy (non-hydrogen) atoms. The minimum absolute atomic E-state index is 0.258. The zero-order valence-corrected chi connectivity index (χ0v) is 13.5. The molecule has 0 saturated carbocycles. The lowest BCUT2D eigenvalue weighted by molar-refractivity contribution is 0.184. The minimum Gasteiger partial charge on any atom is -0.396 e. The molecule has 0 unspecified atom stereocenters. The van der Waals surface area contributed by atoms with Gasteiger partial charge in [-0.3, -0.25) is 0 Å². The molecule has 1 fully saturated rings. The molecule has 0 spiro atoms. The first-order valence-corrected chi connectivity index (χ1v) is 7.79. The van der Waals surface area contributed by atoms with E-state index in [2.05, 4.69) is 32.1 Å². The Balaban J connectivity index is 1.96. The van der Waals surface area contributed by atoms with Crippen molar-refractivity contribution in [3.8, 4) is 0 Å². The van der Waals surface area contributed by atoms with Crippen molar-refractivity contribution in [1.29, 1.82) is 0 Å². The number of anilines is 2. The van der Waals surface area contributed by atoms with Crippen LogP contribution in [0.2, 0.25) is 5.15 Å².